The summed E-state index contributed by atoms with van der Waals surface area (Å²) in [5, 5.41) is 6.27. The number of hydrogen-bond donors (Lipinski definition) is 2. The Bertz CT molecular complexity index is 656. The van der Waals surface area contributed by atoms with E-state index in [9.17, 15) is 4.79 Å². The van der Waals surface area contributed by atoms with Gasteiger partial charge in [-0.1, -0.05) is 40.2 Å². The van der Waals surface area contributed by atoms with Crippen molar-refractivity contribution in [2.45, 2.75) is 32.5 Å². The number of nitrogens with one attached hydrogen (secondary N) is 2. The number of carbonyl (C=O) groups excluding carboxylic acids is 1. The molecule has 2 N–H and O–H groups in total. The molecule has 5 heteroatoms. The quantitative estimate of drug-likeness (QED) is 0.755. The summed E-state index contributed by atoms with van der Waals surface area (Å²) in [5.74, 6) is 0.790. The van der Waals surface area contributed by atoms with Crippen LogP contribution in [0.4, 0.5) is 0 Å². The third-order valence-electron chi connectivity index (χ3n) is 3.89. The van der Waals surface area contributed by atoms with Gasteiger partial charge in [0.1, 0.15) is 5.75 Å². The molecule has 0 aliphatic heterocycles. The lowest BCUT2D eigenvalue weighted by Gasteiger charge is -2.20. The van der Waals surface area contributed by atoms with E-state index in [0.717, 1.165) is 21.3 Å². The van der Waals surface area contributed by atoms with Crippen molar-refractivity contribution < 1.29 is 9.53 Å². The molecular formula is C19H23BrN2O2. The van der Waals surface area contributed by atoms with Gasteiger partial charge in [0.15, 0.2) is 0 Å². The van der Waals surface area contributed by atoms with Crippen molar-refractivity contribution in [3.8, 4) is 5.75 Å². The number of methoxy groups -OCH3 is 1. The van der Waals surface area contributed by atoms with Crippen LogP contribution in [-0.2, 0) is 11.3 Å². The Morgan fingerprint density at radius 2 is 1.71 bits per heavy atom. The van der Waals surface area contributed by atoms with Gasteiger partial charge in [-0.05, 0) is 49.2 Å². The Balaban J connectivity index is 1.83. The van der Waals surface area contributed by atoms with E-state index in [-0.39, 0.29) is 18.0 Å². The number of hydrogen-bond acceptors (Lipinski definition) is 3. The van der Waals surface area contributed by atoms with Crippen molar-refractivity contribution in [2.75, 3.05) is 7.11 Å². The highest BCUT2D eigenvalue weighted by molar-refractivity contribution is 9.10. The van der Waals surface area contributed by atoms with Gasteiger partial charge < -0.3 is 10.1 Å². The number of carbonyl (C=O) groups is 1. The molecule has 2 aromatic carbocycles. The first-order valence-electron chi connectivity index (χ1n) is 7.91. The van der Waals surface area contributed by atoms with Crippen molar-refractivity contribution in [1.82, 2.24) is 10.6 Å². The van der Waals surface area contributed by atoms with Crippen LogP contribution < -0.4 is 15.4 Å². The van der Waals surface area contributed by atoms with Crippen molar-refractivity contribution >= 4 is 21.8 Å². The summed E-state index contributed by atoms with van der Waals surface area (Å²) in [4.78, 5) is 12.3. The average Bonchev–Trinajstić information content (AvgIpc) is 2.60. The maximum atomic E-state index is 12.3. The zero-order valence-electron chi connectivity index (χ0n) is 14.2. The minimum atomic E-state index is -0.276. The van der Waals surface area contributed by atoms with Gasteiger partial charge in [0.25, 0.3) is 0 Å². The van der Waals surface area contributed by atoms with Gasteiger partial charge in [-0.15, -0.1) is 0 Å². The predicted molar refractivity (Wildman–Crippen MR) is 100.0 cm³/mol. The smallest absolute Gasteiger partial charge is 0.237 e. The molecule has 0 heterocycles. The lowest BCUT2D eigenvalue weighted by Crippen LogP contribution is -2.42. The highest BCUT2D eigenvalue weighted by atomic mass is 79.9. The zero-order chi connectivity index (χ0) is 17.5. The molecule has 2 atom stereocenters. The molecule has 0 spiro atoms. The number of ether oxygens (including phenoxy) is 1. The molecule has 1 amide bonds. The summed E-state index contributed by atoms with van der Waals surface area (Å²) in [6.45, 7) is 4.43. The Kier molecular flexibility index (Phi) is 6.82. The molecule has 0 bridgehead atoms. The van der Waals surface area contributed by atoms with Crippen LogP contribution in [0.2, 0.25) is 0 Å². The summed E-state index contributed by atoms with van der Waals surface area (Å²) < 4.78 is 6.17. The minimum Gasteiger partial charge on any atom is -0.497 e. The summed E-state index contributed by atoms with van der Waals surface area (Å²) >= 11 is 3.43. The van der Waals surface area contributed by atoms with E-state index < -0.39 is 0 Å². The Morgan fingerprint density at radius 3 is 2.29 bits per heavy atom. The van der Waals surface area contributed by atoms with Crippen molar-refractivity contribution in [2.24, 2.45) is 0 Å². The standard InChI is InChI=1S/C19H23BrN2O2/c1-13(16-6-8-17(20)9-7-16)22-14(2)19(23)21-12-15-4-10-18(24-3)11-5-15/h4-11,13-14,22H,12H2,1-3H3,(H,21,23)/t13-,14+/m1/s1. The third-order valence-corrected chi connectivity index (χ3v) is 4.42. The highest BCUT2D eigenvalue weighted by Crippen LogP contribution is 2.17. The van der Waals surface area contributed by atoms with Crippen LogP contribution in [0.3, 0.4) is 0 Å². The number of rotatable bonds is 7. The molecule has 0 aliphatic rings. The first-order valence-corrected chi connectivity index (χ1v) is 8.71. The second-order valence-corrected chi connectivity index (χ2v) is 6.64. The summed E-state index contributed by atoms with van der Waals surface area (Å²) in [7, 11) is 1.64. The van der Waals surface area contributed by atoms with E-state index in [1.54, 1.807) is 7.11 Å². The van der Waals surface area contributed by atoms with Gasteiger partial charge in [0.05, 0.1) is 13.2 Å². The van der Waals surface area contributed by atoms with Crippen molar-refractivity contribution in [1.29, 1.82) is 0 Å². The summed E-state index contributed by atoms with van der Waals surface area (Å²) in [6, 6.07) is 15.6. The fourth-order valence-corrected chi connectivity index (χ4v) is 2.65. The van der Waals surface area contributed by atoms with Crippen molar-refractivity contribution in [3.63, 3.8) is 0 Å². The van der Waals surface area contributed by atoms with Gasteiger partial charge in [-0.25, -0.2) is 0 Å². The molecule has 2 aromatic rings. The Morgan fingerprint density at radius 1 is 1.08 bits per heavy atom. The lowest BCUT2D eigenvalue weighted by molar-refractivity contribution is -0.123. The van der Waals surface area contributed by atoms with E-state index >= 15 is 0 Å². The normalized spacial score (nSPS) is 13.2. The molecule has 128 valence electrons. The van der Waals surface area contributed by atoms with Gasteiger partial charge >= 0.3 is 0 Å². The Labute approximate surface area is 151 Å². The van der Waals surface area contributed by atoms with Crippen LogP contribution in [-0.4, -0.2) is 19.1 Å². The number of halogens is 1. The largest absolute Gasteiger partial charge is 0.497 e. The molecule has 0 aromatic heterocycles. The summed E-state index contributed by atoms with van der Waals surface area (Å²) in [5.41, 5.74) is 2.19. The lowest BCUT2D eigenvalue weighted by atomic mass is 10.1. The van der Waals surface area contributed by atoms with E-state index in [1.165, 1.54) is 0 Å². The van der Waals surface area contributed by atoms with E-state index in [1.807, 2.05) is 55.5 Å². The van der Waals surface area contributed by atoms with Gasteiger partial charge in [0, 0.05) is 17.1 Å². The molecule has 0 saturated heterocycles. The average molecular weight is 391 g/mol. The second-order valence-electron chi connectivity index (χ2n) is 5.73. The molecule has 0 saturated carbocycles. The van der Waals surface area contributed by atoms with Crippen LogP contribution in [0.1, 0.15) is 31.0 Å². The highest BCUT2D eigenvalue weighted by Gasteiger charge is 2.16. The summed E-state index contributed by atoms with van der Waals surface area (Å²) in [6.07, 6.45) is 0. The molecular weight excluding hydrogens is 368 g/mol. The molecule has 0 aliphatic carbocycles. The maximum absolute atomic E-state index is 12.3. The van der Waals surface area contributed by atoms with E-state index in [4.69, 9.17) is 4.74 Å². The second kappa shape index (κ2) is 8.85. The van der Waals surface area contributed by atoms with Crippen LogP contribution >= 0.6 is 15.9 Å². The third kappa shape index (κ3) is 5.35. The molecule has 4 nitrogen and oxygen atoms in total. The molecule has 0 unspecified atom stereocenters. The predicted octanol–water partition coefficient (Wildman–Crippen LogP) is 3.81. The monoisotopic (exact) mass is 390 g/mol. The molecule has 0 fully saturated rings. The molecule has 2 rings (SSSR count). The zero-order valence-corrected chi connectivity index (χ0v) is 15.8. The van der Waals surface area contributed by atoms with E-state index in [2.05, 4.69) is 33.5 Å². The maximum Gasteiger partial charge on any atom is 0.237 e. The fraction of sp³-hybridized carbons (Fsp3) is 0.316. The minimum absolute atomic E-state index is 0.0187. The van der Waals surface area contributed by atoms with E-state index in [0.29, 0.717) is 6.54 Å². The number of amides is 1. The number of benzene rings is 2. The first kappa shape index (κ1) is 18.5. The van der Waals surface area contributed by atoms with Crippen LogP contribution in [0.25, 0.3) is 0 Å². The SMILES string of the molecule is COc1ccc(CNC(=O)[C@H](C)N[C@H](C)c2ccc(Br)cc2)cc1. The van der Waals surface area contributed by atoms with Gasteiger partial charge in [-0.2, -0.15) is 0 Å². The van der Waals surface area contributed by atoms with Crippen LogP contribution in [0, 0.1) is 0 Å². The van der Waals surface area contributed by atoms with Crippen molar-refractivity contribution in [3.05, 3.63) is 64.1 Å². The van der Waals surface area contributed by atoms with Gasteiger partial charge in [-0.3, -0.25) is 10.1 Å². The Hall–Kier alpha value is -1.85. The van der Waals surface area contributed by atoms with Crippen LogP contribution in [0.15, 0.2) is 53.0 Å². The fourth-order valence-electron chi connectivity index (χ4n) is 2.38. The van der Waals surface area contributed by atoms with Crippen LogP contribution in [0.5, 0.6) is 5.75 Å². The van der Waals surface area contributed by atoms with Gasteiger partial charge in [0.2, 0.25) is 5.91 Å². The molecule has 0 radical (unpaired) electrons. The topological polar surface area (TPSA) is 50.4 Å². The first-order chi connectivity index (χ1) is 11.5. The molecule has 24 heavy (non-hydrogen) atoms.